The van der Waals surface area contributed by atoms with E-state index in [9.17, 15) is 33.6 Å². The Morgan fingerprint density at radius 2 is 0.841 bits per heavy atom. The minimum atomic E-state index is -0.757. The molecule has 0 spiro atoms. The lowest BCUT2D eigenvalue weighted by atomic mass is 10.1. The number of carbonyl (C=O) groups excluding carboxylic acids is 7. The summed E-state index contributed by atoms with van der Waals surface area (Å²) >= 11 is 1.12. The van der Waals surface area contributed by atoms with Gasteiger partial charge in [-0.15, -0.1) is 0 Å². The van der Waals surface area contributed by atoms with Crippen molar-refractivity contribution in [3.05, 3.63) is 0 Å². The molecule has 22 heteroatoms. The second kappa shape index (κ2) is 42.1. The molecule has 0 heterocycles. The Hall–Kier alpha value is -4.83. The molecule has 10 N–H and O–H groups in total. The topological polar surface area (TPSA) is 328 Å². The first-order chi connectivity index (χ1) is 31.5. The van der Waals surface area contributed by atoms with Gasteiger partial charge in [-0.1, -0.05) is 31.0 Å². The predicted octanol–water partition coefficient (Wildman–Crippen LogP) is 8.21. The van der Waals surface area contributed by atoms with Gasteiger partial charge in [0.2, 0.25) is 5.96 Å². The summed E-state index contributed by atoms with van der Waals surface area (Å²) in [5, 5.41) is 14.9. The fraction of sp³-hybridized carbons (Fsp3) is 0.787. The van der Waals surface area contributed by atoms with Crippen LogP contribution in [0.15, 0.2) is 15.0 Å². The van der Waals surface area contributed by atoms with Gasteiger partial charge in [0, 0.05) is 39.0 Å². The van der Waals surface area contributed by atoms with Crippen molar-refractivity contribution in [2.75, 3.05) is 32.5 Å². The number of guanidine groups is 2. The van der Waals surface area contributed by atoms with E-state index in [0.29, 0.717) is 25.9 Å². The Morgan fingerprint density at radius 1 is 0.522 bits per heavy atom. The van der Waals surface area contributed by atoms with Crippen LogP contribution in [0.1, 0.15) is 188 Å². The first kappa shape index (κ1) is 73.1. The minimum absolute atomic E-state index is 0.0277. The number of carbonyl (C=O) groups is 7. The zero-order chi connectivity index (χ0) is 54.9. The maximum absolute atomic E-state index is 11.9. The summed E-state index contributed by atoms with van der Waals surface area (Å²) in [5.74, 6) is 0.804. The van der Waals surface area contributed by atoms with Gasteiger partial charge in [-0.25, -0.2) is 19.2 Å². The van der Waals surface area contributed by atoms with Crippen LogP contribution in [-0.4, -0.2) is 119 Å². The molecule has 0 saturated carbocycles. The van der Waals surface area contributed by atoms with Crippen molar-refractivity contribution in [1.29, 1.82) is 0 Å². The number of ether oxygens (including phenoxy) is 4. The fourth-order valence-corrected chi connectivity index (χ4v) is 4.56. The van der Waals surface area contributed by atoms with Gasteiger partial charge in [0.15, 0.2) is 11.1 Å². The number of hydrogen-bond acceptors (Lipinski definition) is 16. The number of nitrogens with two attached hydrogens (primary N) is 3. The molecule has 0 unspecified atom stereocenters. The van der Waals surface area contributed by atoms with Crippen LogP contribution in [0, 0.1) is 0 Å². The van der Waals surface area contributed by atoms with E-state index in [1.54, 1.807) is 117 Å². The van der Waals surface area contributed by atoms with Crippen LogP contribution >= 0.6 is 11.8 Å². The van der Waals surface area contributed by atoms with Gasteiger partial charge >= 0.3 is 24.4 Å². The molecule has 4 amide bonds. The molecule has 0 bridgehead atoms. The molecule has 0 aromatic rings. The summed E-state index contributed by atoms with van der Waals surface area (Å²) in [5.41, 5.74) is 12.9. The van der Waals surface area contributed by atoms with Crippen LogP contribution in [0.3, 0.4) is 0 Å². The third kappa shape index (κ3) is 72.3. The average molecular weight is 1010 g/mol. The molecular weight excluding hydrogens is 915 g/mol. The molecule has 0 aliphatic rings. The molecule has 0 fully saturated rings. The molecule has 0 aromatic heterocycles. The van der Waals surface area contributed by atoms with Gasteiger partial charge in [-0.2, -0.15) is 4.99 Å². The second-order valence-corrected chi connectivity index (χ2v) is 20.0. The molecule has 0 aromatic carbocycles. The molecular formula is C47H93N9O12S. The van der Waals surface area contributed by atoms with Crippen LogP contribution in [-0.2, 0) is 33.3 Å². The van der Waals surface area contributed by atoms with E-state index in [2.05, 4.69) is 30.9 Å². The monoisotopic (exact) mass is 1010 g/mol. The molecule has 0 aliphatic carbocycles. The van der Waals surface area contributed by atoms with Gasteiger partial charge in [0.1, 0.15) is 39.8 Å². The highest BCUT2D eigenvalue weighted by molar-refractivity contribution is 8.13. The molecule has 69 heavy (non-hydrogen) atoms. The van der Waals surface area contributed by atoms with Crippen molar-refractivity contribution < 1.29 is 57.6 Å². The summed E-state index contributed by atoms with van der Waals surface area (Å²) in [6, 6.07) is 0. The number of alkyl carbamates (subject to hydrolysis) is 3. The lowest BCUT2D eigenvalue weighted by Gasteiger charge is -2.22. The molecule has 0 rings (SSSR count). The first-order valence-electron chi connectivity index (χ1n) is 23.3. The molecule has 0 atom stereocenters. The highest BCUT2D eigenvalue weighted by atomic mass is 32.2. The van der Waals surface area contributed by atoms with Crippen molar-refractivity contribution in [1.82, 2.24) is 16.0 Å². The average Bonchev–Trinajstić information content (AvgIpc) is 3.13. The van der Waals surface area contributed by atoms with Crippen LogP contribution in [0.2, 0.25) is 0 Å². The first-order valence-corrected chi connectivity index (χ1v) is 24.5. The van der Waals surface area contributed by atoms with Gasteiger partial charge in [-0.3, -0.25) is 25.9 Å². The maximum atomic E-state index is 11.9. The summed E-state index contributed by atoms with van der Waals surface area (Å²) in [6.07, 6.45) is 9.15. The highest BCUT2D eigenvalue weighted by Gasteiger charge is 2.22. The van der Waals surface area contributed by atoms with E-state index in [1.807, 2.05) is 0 Å². The van der Waals surface area contributed by atoms with E-state index < -0.39 is 46.8 Å². The molecule has 0 saturated heterocycles. The van der Waals surface area contributed by atoms with E-state index >= 15 is 0 Å². The number of nitrogens with one attached hydrogen (secondary N) is 3. The van der Waals surface area contributed by atoms with Gasteiger partial charge < -0.3 is 55.6 Å². The van der Waals surface area contributed by atoms with Crippen molar-refractivity contribution in [2.24, 2.45) is 32.2 Å². The molecule has 0 aliphatic heterocycles. The Bertz CT molecular complexity index is 1530. The lowest BCUT2D eigenvalue weighted by molar-refractivity contribution is -0.117. The summed E-state index contributed by atoms with van der Waals surface area (Å²) in [7, 11) is 0. The number of aliphatic hydroxyl groups excluding tert-OH is 1. The lowest BCUT2D eigenvalue weighted by Crippen LogP contribution is -2.47. The molecule has 404 valence electrons. The summed E-state index contributed by atoms with van der Waals surface area (Å²) in [4.78, 5) is 90.3. The van der Waals surface area contributed by atoms with E-state index in [-0.39, 0.29) is 41.0 Å². The summed E-state index contributed by atoms with van der Waals surface area (Å²) < 4.78 is 20.4. The number of amides is 4. The molecule has 0 radical (unpaired) electrons. The Labute approximate surface area is 417 Å². The van der Waals surface area contributed by atoms with E-state index in [4.69, 9.17) is 41.3 Å². The van der Waals surface area contributed by atoms with Crippen molar-refractivity contribution in [2.45, 2.75) is 210 Å². The van der Waals surface area contributed by atoms with Crippen LogP contribution in [0.4, 0.5) is 19.2 Å². The van der Waals surface area contributed by atoms with E-state index in [0.717, 1.165) is 82.5 Å². The van der Waals surface area contributed by atoms with Gasteiger partial charge in [0.25, 0.3) is 0 Å². The molecule has 21 nitrogen and oxygen atoms in total. The number of Topliss-reactive ketones (excluding diaryl/α,β-unsaturated/α-hetero) is 3. The van der Waals surface area contributed by atoms with Gasteiger partial charge in [-0.05, 0) is 162 Å². The fourth-order valence-electron chi connectivity index (χ4n) is 4.21. The Kier molecular flexibility index (Phi) is 44.6. The highest BCUT2D eigenvalue weighted by Crippen LogP contribution is 2.11. The normalized spacial score (nSPS) is 11.0. The Balaban J connectivity index is -0.000000277. The minimum Gasteiger partial charge on any atom is -0.444 e. The predicted molar refractivity (Wildman–Crippen MR) is 278 cm³/mol. The Morgan fingerprint density at radius 3 is 1.13 bits per heavy atom. The number of unbranched alkanes of at least 4 members (excludes halogenated alkanes) is 6. The zero-order valence-corrected chi connectivity index (χ0v) is 46.1. The number of nitrogens with zero attached hydrogens (tertiary/aromatic N) is 3. The number of hydrogen-bond donors (Lipinski definition) is 7. The largest absolute Gasteiger partial charge is 0.444 e. The van der Waals surface area contributed by atoms with Crippen molar-refractivity contribution >= 4 is 70.6 Å². The smallest absolute Gasteiger partial charge is 0.436 e. The SMILES string of the molecule is CC(=O)CCCCCN.CC(=O)CCCCCN=C(N)N.CC(=O)CCCCCN=C(NC(=O)OC(C)(C)C)NC(=O)OC(C)(C)C.CCO.CSC(=NC(=O)OC(C)(C)C)NC(=O)OC(C)(C)C. The number of rotatable bonds is 17. The van der Waals surface area contributed by atoms with Gasteiger partial charge in [0.05, 0.1) is 0 Å². The van der Waals surface area contributed by atoms with Crippen molar-refractivity contribution in [3.63, 3.8) is 0 Å². The van der Waals surface area contributed by atoms with E-state index in [1.165, 1.54) is 0 Å². The second-order valence-electron chi connectivity index (χ2n) is 19.2. The third-order valence-electron chi connectivity index (χ3n) is 6.80. The van der Waals surface area contributed by atoms with Crippen LogP contribution < -0.4 is 33.2 Å². The number of thioether (sulfide) groups is 1. The quantitative estimate of drug-likeness (QED) is 0.0312. The van der Waals surface area contributed by atoms with Crippen molar-refractivity contribution in [3.8, 4) is 0 Å². The standard InChI is InChI=1S/C18H33N3O5.C12H22N2O4S.C8H17N3O.C7H15NO.C2H6O/c1-13(22)11-9-8-10-12-19-14(20-15(23)25-17(2,3)4)21-16(24)26-18(5,6)7;1-11(2,3)17-9(15)13-8(19-7)14-10(16)18-12(4,5)6;1-7(12)5-3-2-4-6-11-8(9)10;1-7(9)5-3-2-4-6-8;1-2-3/h8-12H2,1-7H3,(H2,19,20,21,23,24);1-7H3,(H,13,14,15,16);2-6H2,1H3,(H4,9,10,11);2-6,8H2,1H3;3H,2H2,1H3. The van der Waals surface area contributed by atoms with Crippen LogP contribution in [0.25, 0.3) is 0 Å². The summed E-state index contributed by atoms with van der Waals surface area (Å²) in [6.45, 7) is 29.4. The number of aliphatic imine (C=N–C) groups is 3. The third-order valence-corrected chi connectivity index (χ3v) is 7.38. The maximum Gasteiger partial charge on any atom is 0.436 e. The van der Waals surface area contributed by atoms with Crippen LogP contribution in [0.5, 0.6) is 0 Å². The number of aliphatic hydroxyl groups is 1. The zero-order valence-electron chi connectivity index (χ0n) is 45.2. The number of ketones is 3. The number of amidine groups is 1.